The van der Waals surface area contributed by atoms with Crippen molar-refractivity contribution in [3.8, 4) is 11.8 Å². The summed E-state index contributed by atoms with van der Waals surface area (Å²) in [5, 5.41) is 6.85. The highest BCUT2D eigenvalue weighted by Crippen LogP contribution is 2.15. The van der Waals surface area contributed by atoms with Crippen LogP contribution in [0.15, 0.2) is 35.0 Å². The summed E-state index contributed by atoms with van der Waals surface area (Å²) in [6.45, 7) is 2.31. The molecule has 1 amide bonds. The highest BCUT2D eigenvalue weighted by molar-refractivity contribution is 7.08. The zero-order chi connectivity index (χ0) is 14.4. The topological polar surface area (TPSA) is 55.1 Å². The maximum Gasteiger partial charge on any atom is 0.228 e. The summed E-state index contributed by atoms with van der Waals surface area (Å²) in [6, 6.07) is 7.64. The van der Waals surface area contributed by atoms with E-state index in [2.05, 4.69) is 17.2 Å². The average Bonchev–Trinajstić information content (AvgIpc) is 2.90. The van der Waals surface area contributed by atoms with Crippen LogP contribution in [0.2, 0.25) is 0 Å². The summed E-state index contributed by atoms with van der Waals surface area (Å²) in [7, 11) is 0. The predicted molar refractivity (Wildman–Crippen MR) is 83.8 cm³/mol. The Morgan fingerprint density at radius 1 is 1.40 bits per heavy atom. The second-order valence-electron chi connectivity index (χ2n) is 4.39. The molecule has 1 heterocycles. The van der Waals surface area contributed by atoms with Gasteiger partial charge in [0.05, 0.1) is 13.0 Å². The Hall–Kier alpha value is -2.09. The lowest BCUT2D eigenvalue weighted by atomic mass is 10.1. The molecular formula is C16H16N2OS. The zero-order valence-corrected chi connectivity index (χ0v) is 12.1. The normalized spacial score (nSPS) is 9.70. The lowest BCUT2D eigenvalue weighted by molar-refractivity contribution is -0.115. The number of carbonyl (C=O) groups excluding carboxylic acids is 1. The molecule has 102 valence electrons. The molecular weight excluding hydrogens is 268 g/mol. The van der Waals surface area contributed by atoms with Crippen molar-refractivity contribution in [3.05, 3.63) is 51.7 Å². The molecule has 0 aliphatic carbocycles. The number of carbonyl (C=O) groups is 1. The summed E-state index contributed by atoms with van der Waals surface area (Å²) < 4.78 is 0. The van der Waals surface area contributed by atoms with Gasteiger partial charge in [0, 0.05) is 11.3 Å². The maximum absolute atomic E-state index is 11.9. The molecule has 0 atom stereocenters. The first-order valence-electron chi connectivity index (χ1n) is 6.29. The van der Waals surface area contributed by atoms with Gasteiger partial charge in [-0.25, -0.2) is 0 Å². The molecule has 0 aliphatic rings. The average molecular weight is 284 g/mol. The quantitative estimate of drug-likeness (QED) is 0.851. The van der Waals surface area contributed by atoms with E-state index in [1.165, 1.54) is 0 Å². The van der Waals surface area contributed by atoms with Gasteiger partial charge in [-0.1, -0.05) is 11.8 Å². The Morgan fingerprint density at radius 2 is 2.25 bits per heavy atom. The summed E-state index contributed by atoms with van der Waals surface area (Å²) in [4.78, 5) is 11.9. The van der Waals surface area contributed by atoms with Crippen molar-refractivity contribution in [3.63, 3.8) is 0 Å². The number of benzene rings is 1. The van der Waals surface area contributed by atoms with E-state index in [0.717, 1.165) is 22.4 Å². The molecule has 1 aromatic heterocycles. The fraction of sp³-hybridized carbons (Fsp3) is 0.188. The van der Waals surface area contributed by atoms with Gasteiger partial charge in [0.2, 0.25) is 5.91 Å². The van der Waals surface area contributed by atoms with E-state index >= 15 is 0 Å². The van der Waals surface area contributed by atoms with Gasteiger partial charge in [-0.2, -0.15) is 11.3 Å². The highest BCUT2D eigenvalue weighted by atomic mass is 32.1. The number of nitrogens with one attached hydrogen (secondary N) is 1. The Morgan fingerprint density at radius 3 is 2.90 bits per heavy atom. The zero-order valence-electron chi connectivity index (χ0n) is 11.3. The van der Waals surface area contributed by atoms with Crippen LogP contribution in [0, 0.1) is 18.8 Å². The first-order valence-corrected chi connectivity index (χ1v) is 7.24. The largest absolute Gasteiger partial charge is 0.326 e. The molecule has 4 heteroatoms. The predicted octanol–water partition coefficient (Wildman–Crippen LogP) is 2.55. The van der Waals surface area contributed by atoms with Gasteiger partial charge >= 0.3 is 0 Å². The van der Waals surface area contributed by atoms with Crippen molar-refractivity contribution in [2.45, 2.75) is 13.3 Å². The number of hydrogen-bond acceptors (Lipinski definition) is 3. The molecule has 1 aromatic carbocycles. The van der Waals surface area contributed by atoms with Gasteiger partial charge in [0.15, 0.2) is 0 Å². The number of thiophene rings is 1. The van der Waals surface area contributed by atoms with Gasteiger partial charge < -0.3 is 11.1 Å². The van der Waals surface area contributed by atoms with Crippen LogP contribution >= 0.6 is 11.3 Å². The van der Waals surface area contributed by atoms with Crippen molar-refractivity contribution >= 4 is 22.9 Å². The Kier molecular flexibility index (Phi) is 4.94. The molecule has 0 unspecified atom stereocenters. The Balaban J connectivity index is 2.03. The van der Waals surface area contributed by atoms with Crippen molar-refractivity contribution in [2.75, 3.05) is 11.9 Å². The lowest BCUT2D eigenvalue weighted by Gasteiger charge is -2.06. The van der Waals surface area contributed by atoms with Crippen LogP contribution in [0.3, 0.4) is 0 Å². The van der Waals surface area contributed by atoms with E-state index in [4.69, 9.17) is 5.73 Å². The minimum absolute atomic E-state index is 0.0106. The summed E-state index contributed by atoms with van der Waals surface area (Å²) in [6.07, 6.45) is 0.400. The number of anilines is 1. The van der Waals surface area contributed by atoms with E-state index in [9.17, 15) is 4.79 Å². The van der Waals surface area contributed by atoms with E-state index in [-0.39, 0.29) is 5.91 Å². The molecule has 2 aromatic rings. The van der Waals surface area contributed by atoms with Gasteiger partial charge in [-0.3, -0.25) is 4.79 Å². The fourth-order valence-corrected chi connectivity index (χ4v) is 2.48. The number of hydrogen-bond donors (Lipinski definition) is 2. The van der Waals surface area contributed by atoms with Crippen LogP contribution in [0.1, 0.15) is 16.7 Å². The minimum atomic E-state index is -0.0106. The third-order valence-electron chi connectivity index (χ3n) is 2.78. The SMILES string of the molecule is Cc1cc(NC(=O)Cc2ccsc2)ccc1C#CCN. The molecule has 0 saturated carbocycles. The molecule has 3 nitrogen and oxygen atoms in total. The number of nitrogens with two attached hydrogens (primary N) is 1. The summed E-state index contributed by atoms with van der Waals surface area (Å²) >= 11 is 1.59. The molecule has 2 rings (SSSR count). The van der Waals surface area contributed by atoms with E-state index in [1.54, 1.807) is 11.3 Å². The highest BCUT2D eigenvalue weighted by Gasteiger charge is 2.05. The van der Waals surface area contributed by atoms with Gasteiger partial charge in [-0.05, 0) is 53.1 Å². The molecule has 0 aliphatic heterocycles. The van der Waals surface area contributed by atoms with Crippen molar-refractivity contribution in [2.24, 2.45) is 5.73 Å². The van der Waals surface area contributed by atoms with Crippen LogP contribution in [-0.4, -0.2) is 12.5 Å². The fourth-order valence-electron chi connectivity index (χ4n) is 1.81. The summed E-state index contributed by atoms with van der Waals surface area (Å²) in [5.74, 6) is 5.82. The molecule has 0 radical (unpaired) electrons. The lowest BCUT2D eigenvalue weighted by Crippen LogP contribution is -2.14. The second-order valence-corrected chi connectivity index (χ2v) is 5.17. The molecule has 0 spiro atoms. The Bertz CT molecular complexity index is 651. The Labute approximate surface area is 122 Å². The summed E-state index contributed by atoms with van der Waals surface area (Å²) in [5.41, 5.74) is 9.15. The van der Waals surface area contributed by atoms with E-state index in [0.29, 0.717) is 13.0 Å². The standard InChI is InChI=1S/C16H16N2OS/c1-12-9-15(5-4-14(12)3-2-7-17)18-16(19)10-13-6-8-20-11-13/h4-6,8-9,11H,7,10,17H2,1H3,(H,18,19). The number of rotatable bonds is 3. The smallest absolute Gasteiger partial charge is 0.228 e. The first-order chi connectivity index (χ1) is 9.69. The van der Waals surface area contributed by atoms with Gasteiger partial charge in [-0.15, -0.1) is 0 Å². The minimum Gasteiger partial charge on any atom is -0.326 e. The van der Waals surface area contributed by atoms with Gasteiger partial charge in [0.25, 0.3) is 0 Å². The molecule has 0 bridgehead atoms. The van der Waals surface area contributed by atoms with Crippen molar-refractivity contribution < 1.29 is 4.79 Å². The molecule has 3 N–H and O–H groups in total. The number of amides is 1. The maximum atomic E-state index is 11.9. The molecule has 0 saturated heterocycles. The van der Waals surface area contributed by atoms with Crippen LogP contribution in [-0.2, 0) is 11.2 Å². The number of aryl methyl sites for hydroxylation is 1. The molecule has 0 fully saturated rings. The van der Waals surface area contributed by atoms with Crippen LogP contribution in [0.4, 0.5) is 5.69 Å². The monoisotopic (exact) mass is 284 g/mol. The van der Waals surface area contributed by atoms with Crippen LogP contribution in [0.25, 0.3) is 0 Å². The second kappa shape index (κ2) is 6.90. The third kappa shape index (κ3) is 3.95. The van der Waals surface area contributed by atoms with Crippen molar-refractivity contribution in [1.29, 1.82) is 0 Å². The van der Waals surface area contributed by atoms with E-state index in [1.807, 2.05) is 41.9 Å². The first kappa shape index (κ1) is 14.3. The van der Waals surface area contributed by atoms with E-state index < -0.39 is 0 Å². The van der Waals surface area contributed by atoms with Crippen LogP contribution < -0.4 is 11.1 Å². The van der Waals surface area contributed by atoms with Crippen LogP contribution in [0.5, 0.6) is 0 Å². The van der Waals surface area contributed by atoms with Gasteiger partial charge in [0.1, 0.15) is 0 Å². The molecule has 20 heavy (non-hydrogen) atoms. The third-order valence-corrected chi connectivity index (χ3v) is 3.51. The van der Waals surface area contributed by atoms with Crippen molar-refractivity contribution in [1.82, 2.24) is 0 Å².